The molecule has 1 saturated carbocycles. The topological polar surface area (TPSA) is 34.1 Å². The predicted molar refractivity (Wildman–Crippen MR) is 54.4 cm³/mol. The van der Waals surface area contributed by atoms with Gasteiger partial charge in [0.1, 0.15) is 9.84 Å². The van der Waals surface area contributed by atoms with Gasteiger partial charge in [-0.15, -0.1) is 0 Å². The van der Waals surface area contributed by atoms with Crippen molar-refractivity contribution < 1.29 is 8.42 Å². The van der Waals surface area contributed by atoms with Gasteiger partial charge in [-0.2, -0.15) is 0 Å². The zero-order valence-electron chi connectivity index (χ0n) is 7.35. The smallest absolute Gasteiger partial charge is 0.150 e. The molecule has 2 nitrogen and oxygen atoms in total. The zero-order chi connectivity index (χ0) is 9.24. The Balaban J connectivity index is 2.35. The van der Waals surface area contributed by atoms with E-state index < -0.39 is 9.84 Å². The van der Waals surface area contributed by atoms with Crippen molar-refractivity contribution in [2.24, 2.45) is 5.41 Å². The largest absolute Gasteiger partial charge is 0.229 e. The first-order chi connectivity index (χ1) is 5.54. The van der Waals surface area contributed by atoms with Crippen molar-refractivity contribution >= 4 is 25.8 Å². The average molecular weight is 255 g/mol. The van der Waals surface area contributed by atoms with E-state index in [0.717, 1.165) is 11.8 Å². The van der Waals surface area contributed by atoms with E-state index in [0.29, 0.717) is 11.2 Å². The Morgan fingerprint density at radius 2 is 2.00 bits per heavy atom. The van der Waals surface area contributed by atoms with Crippen LogP contribution in [0.4, 0.5) is 0 Å². The molecule has 0 aliphatic heterocycles. The van der Waals surface area contributed by atoms with Gasteiger partial charge in [-0.25, -0.2) is 8.42 Å². The molecule has 0 radical (unpaired) electrons. The lowest BCUT2D eigenvalue weighted by atomic mass is 10.1. The highest BCUT2D eigenvalue weighted by atomic mass is 79.9. The van der Waals surface area contributed by atoms with E-state index in [1.807, 2.05) is 0 Å². The molecule has 0 unspecified atom stereocenters. The Labute approximate surface area is 82.8 Å². The molecule has 0 saturated heterocycles. The molecule has 0 aromatic rings. The fourth-order valence-corrected chi connectivity index (χ4v) is 3.02. The maximum absolute atomic E-state index is 11.2. The summed E-state index contributed by atoms with van der Waals surface area (Å²) < 4.78 is 22.3. The van der Waals surface area contributed by atoms with Crippen molar-refractivity contribution in [3.05, 3.63) is 0 Å². The summed E-state index contributed by atoms with van der Waals surface area (Å²) in [5, 5.41) is 0.958. The molecule has 72 valence electrons. The highest BCUT2D eigenvalue weighted by Gasteiger charge is 2.41. The summed E-state index contributed by atoms with van der Waals surface area (Å²) in [5.41, 5.74) is 0.336. The molecule has 0 amide bonds. The molecule has 4 heteroatoms. The first-order valence-electron chi connectivity index (χ1n) is 4.30. The minimum absolute atomic E-state index is 0.283. The predicted octanol–water partition coefficient (Wildman–Crippen LogP) is 1.99. The van der Waals surface area contributed by atoms with Crippen LogP contribution in [0, 0.1) is 5.41 Å². The monoisotopic (exact) mass is 254 g/mol. The number of hydrogen-bond acceptors (Lipinski definition) is 2. The molecule has 0 spiro atoms. The summed E-state index contributed by atoms with van der Waals surface area (Å²) in [6, 6.07) is 0. The summed E-state index contributed by atoms with van der Waals surface area (Å²) in [6.07, 6.45) is 3.23. The van der Waals surface area contributed by atoms with Crippen molar-refractivity contribution in [1.82, 2.24) is 0 Å². The SMILES string of the molecule is CCS(=O)(=O)CCC1(CBr)CC1. The Kier molecular flexibility index (Phi) is 3.21. The summed E-state index contributed by atoms with van der Waals surface area (Å²) in [4.78, 5) is 0. The molecule has 0 atom stereocenters. The van der Waals surface area contributed by atoms with Gasteiger partial charge in [0, 0.05) is 11.1 Å². The second-order valence-corrected chi connectivity index (χ2v) is 6.65. The Bertz CT molecular complexity index is 242. The number of rotatable bonds is 5. The van der Waals surface area contributed by atoms with E-state index in [4.69, 9.17) is 0 Å². The van der Waals surface area contributed by atoms with E-state index in [-0.39, 0.29) is 5.75 Å². The minimum atomic E-state index is -2.74. The van der Waals surface area contributed by atoms with Crippen LogP contribution in [0.3, 0.4) is 0 Å². The van der Waals surface area contributed by atoms with Crippen LogP contribution in [0.15, 0.2) is 0 Å². The lowest BCUT2D eigenvalue weighted by molar-refractivity contribution is 0.546. The maximum atomic E-state index is 11.2. The minimum Gasteiger partial charge on any atom is -0.229 e. The van der Waals surface area contributed by atoms with E-state index in [1.165, 1.54) is 12.8 Å². The maximum Gasteiger partial charge on any atom is 0.150 e. The molecule has 0 heterocycles. The highest BCUT2D eigenvalue weighted by molar-refractivity contribution is 9.09. The molecular weight excluding hydrogens is 240 g/mol. The first kappa shape index (κ1) is 10.5. The standard InChI is InChI=1S/C8H15BrO2S/c1-2-12(10,11)6-5-8(7-9)3-4-8/h2-7H2,1H3. The normalized spacial score (nSPS) is 20.8. The van der Waals surface area contributed by atoms with Crippen LogP contribution >= 0.6 is 15.9 Å². The van der Waals surface area contributed by atoms with Gasteiger partial charge < -0.3 is 0 Å². The van der Waals surface area contributed by atoms with E-state index in [9.17, 15) is 8.42 Å². The van der Waals surface area contributed by atoms with Crippen LogP contribution < -0.4 is 0 Å². The summed E-state index contributed by atoms with van der Waals surface area (Å²) >= 11 is 3.43. The van der Waals surface area contributed by atoms with Crippen molar-refractivity contribution in [2.45, 2.75) is 26.2 Å². The van der Waals surface area contributed by atoms with Gasteiger partial charge in [-0.05, 0) is 24.7 Å². The molecule has 0 aromatic carbocycles. The Morgan fingerprint density at radius 1 is 1.42 bits per heavy atom. The third-order valence-electron chi connectivity index (χ3n) is 2.62. The quantitative estimate of drug-likeness (QED) is 0.704. The molecule has 0 aromatic heterocycles. The van der Waals surface area contributed by atoms with Crippen LogP contribution in [0.1, 0.15) is 26.2 Å². The van der Waals surface area contributed by atoms with Crippen molar-refractivity contribution in [3.63, 3.8) is 0 Å². The van der Waals surface area contributed by atoms with E-state index in [1.54, 1.807) is 6.92 Å². The van der Waals surface area contributed by atoms with Gasteiger partial charge in [0.2, 0.25) is 0 Å². The van der Waals surface area contributed by atoms with Crippen LogP contribution in [-0.2, 0) is 9.84 Å². The van der Waals surface area contributed by atoms with Crippen LogP contribution in [0.25, 0.3) is 0 Å². The van der Waals surface area contributed by atoms with Crippen LogP contribution in [0.5, 0.6) is 0 Å². The molecule has 0 bridgehead atoms. The Morgan fingerprint density at radius 3 is 2.33 bits per heavy atom. The molecular formula is C8H15BrO2S. The van der Waals surface area contributed by atoms with Gasteiger partial charge in [0.05, 0.1) is 5.75 Å². The lowest BCUT2D eigenvalue weighted by Crippen LogP contribution is -2.14. The molecule has 1 fully saturated rings. The highest BCUT2D eigenvalue weighted by Crippen LogP contribution is 2.50. The van der Waals surface area contributed by atoms with Gasteiger partial charge >= 0.3 is 0 Å². The summed E-state index contributed by atoms with van der Waals surface area (Å²) in [6.45, 7) is 1.71. The summed E-state index contributed by atoms with van der Waals surface area (Å²) in [5.74, 6) is 0.653. The fourth-order valence-electron chi connectivity index (χ4n) is 1.14. The number of alkyl halides is 1. The third kappa shape index (κ3) is 2.73. The zero-order valence-corrected chi connectivity index (χ0v) is 9.75. The van der Waals surface area contributed by atoms with Crippen molar-refractivity contribution in [1.29, 1.82) is 0 Å². The van der Waals surface area contributed by atoms with Gasteiger partial charge in [-0.1, -0.05) is 22.9 Å². The molecule has 1 aliphatic rings. The second kappa shape index (κ2) is 3.66. The van der Waals surface area contributed by atoms with Gasteiger partial charge in [0.15, 0.2) is 0 Å². The molecule has 1 aliphatic carbocycles. The number of sulfone groups is 1. The molecule has 0 N–H and O–H groups in total. The third-order valence-corrected chi connectivity index (χ3v) is 5.52. The van der Waals surface area contributed by atoms with Crippen molar-refractivity contribution in [2.75, 3.05) is 16.8 Å². The first-order valence-corrected chi connectivity index (χ1v) is 7.24. The van der Waals surface area contributed by atoms with Gasteiger partial charge in [0.25, 0.3) is 0 Å². The summed E-state index contributed by atoms with van der Waals surface area (Å²) in [7, 11) is -2.74. The van der Waals surface area contributed by atoms with Gasteiger partial charge in [-0.3, -0.25) is 0 Å². The van der Waals surface area contributed by atoms with E-state index >= 15 is 0 Å². The molecule has 1 rings (SSSR count). The molecule has 12 heavy (non-hydrogen) atoms. The fraction of sp³-hybridized carbons (Fsp3) is 1.00. The lowest BCUT2D eigenvalue weighted by Gasteiger charge is -2.09. The number of halogens is 1. The van der Waals surface area contributed by atoms with E-state index in [2.05, 4.69) is 15.9 Å². The number of hydrogen-bond donors (Lipinski definition) is 0. The Hall–Kier alpha value is 0.430. The second-order valence-electron chi connectivity index (χ2n) is 3.62. The average Bonchev–Trinajstić information content (AvgIpc) is 2.82. The van der Waals surface area contributed by atoms with Crippen molar-refractivity contribution in [3.8, 4) is 0 Å². The van der Waals surface area contributed by atoms with Crippen LogP contribution in [-0.4, -0.2) is 25.3 Å². The van der Waals surface area contributed by atoms with Crippen LogP contribution in [0.2, 0.25) is 0 Å².